The van der Waals surface area contributed by atoms with Crippen LogP contribution in [-0.4, -0.2) is 39.7 Å². The number of primary amides is 1. The van der Waals surface area contributed by atoms with Crippen LogP contribution in [0.4, 0.5) is 0 Å². The Kier molecular flexibility index (Phi) is 10.8. The molecule has 0 bridgehead atoms. The molecule has 0 aromatic heterocycles. The van der Waals surface area contributed by atoms with Crippen molar-refractivity contribution in [3.05, 3.63) is 11.6 Å². The van der Waals surface area contributed by atoms with Gasteiger partial charge in [-0.15, -0.1) is 0 Å². The molecule has 0 aliphatic carbocycles. The summed E-state index contributed by atoms with van der Waals surface area (Å²) in [6.07, 6.45) is 2.77. The van der Waals surface area contributed by atoms with Crippen LogP contribution < -0.4 is 5.73 Å². The second kappa shape index (κ2) is 10.8. The molecule has 0 spiro atoms. The van der Waals surface area contributed by atoms with Crippen molar-refractivity contribution in [2.24, 2.45) is 5.73 Å². The van der Waals surface area contributed by atoms with Gasteiger partial charge in [-0.3, -0.25) is 4.79 Å². The molecule has 0 aromatic carbocycles. The molecule has 28 heavy (non-hydrogen) atoms. The third-order valence-corrected chi connectivity index (χ3v) is 22.2. The average Bonchev–Trinajstić information content (AvgIpc) is 2.57. The maximum absolute atomic E-state index is 11.8. The first kappa shape index (κ1) is 28.0. The molecule has 0 fully saturated rings. The number of rotatable bonds is 13. The lowest BCUT2D eigenvalue weighted by Crippen LogP contribution is -2.63. The smallest absolute Gasteiger partial charge is 0.416 e. The van der Waals surface area contributed by atoms with Crippen LogP contribution in [0.1, 0.15) is 41.0 Å². The Morgan fingerprint density at radius 1 is 0.821 bits per heavy atom. The van der Waals surface area contributed by atoms with E-state index in [1.807, 2.05) is 6.08 Å². The van der Waals surface area contributed by atoms with E-state index in [-0.39, 0.29) is 5.54 Å². The molecule has 5 nitrogen and oxygen atoms in total. The Labute approximate surface area is 178 Å². The van der Waals surface area contributed by atoms with Gasteiger partial charge in [0.25, 0.3) is 0 Å². The highest BCUT2D eigenvalue weighted by Gasteiger charge is 2.55. The van der Waals surface area contributed by atoms with Gasteiger partial charge in [0.15, 0.2) is 25.0 Å². The highest BCUT2D eigenvalue weighted by Crippen LogP contribution is 2.39. The van der Waals surface area contributed by atoms with Crippen molar-refractivity contribution < 1.29 is 17.1 Å². The number of carbonyl (C=O) groups excluding carboxylic acids is 1. The van der Waals surface area contributed by atoms with E-state index in [0.29, 0.717) is 5.57 Å². The first-order chi connectivity index (χ1) is 12.6. The molecule has 2 N–H and O–H groups in total. The van der Waals surface area contributed by atoms with Crippen LogP contribution in [0.5, 0.6) is 0 Å². The first-order valence-electron chi connectivity index (χ1n) is 10.7. The maximum atomic E-state index is 11.8. The van der Waals surface area contributed by atoms with Gasteiger partial charge in [-0.1, -0.05) is 33.8 Å². The fraction of sp³-hybridized carbons (Fsp3) is 0.842. The van der Waals surface area contributed by atoms with E-state index in [0.717, 1.165) is 24.6 Å². The van der Waals surface area contributed by atoms with Crippen LogP contribution >= 0.6 is 0 Å². The second-order valence-corrected chi connectivity index (χ2v) is 26.6. The lowest BCUT2D eigenvalue weighted by molar-refractivity contribution is -0.114. The fourth-order valence-electron chi connectivity index (χ4n) is 2.52. The van der Waals surface area contributed by atoms with Gasteiger partial charge in [-0.2, -0.15) is 0 Å². The van der Waals surface area contributed by atoms with Crippen LogP contribution in [0.2, 0.25) is 63.0 Å². The highest BCUT2D eigenvalue weighted by atomic mass is 28.5. The summed E-state index contributed by atoms with van der Waals surface area (Å²) in [6.45, 7) is 23.9. The van der Waals surface area contributed by atoms with Crippen molar-refractivity contribution in [1.82, 2.24) is 0 Å². The Morgan fingerprint density at radius 2 is 1.14 bits per heavy atom. The summed E-state index contributed by atoms with van der Waals surface area (Å²) in [5.74, 6) is -0.396. The minimum Gasteiger partial charge on any atom is -0.416 e. The summed E-state index contributed by atoms with van der Waals surface area (Å²) in [6, 6.07) is 2.98. The summed E-state index contributed by atoms with van der Waals surface area (Å²) in [5.41, 5.74) is 6.05. The summed E-state index contributed by atoms with van der Waals surface area (Å²) in [7, 11) is -9.05. The lowest BCUT2D eigenvalue weighted by Gasteiger charge is -2.47. The summed E-state index contributed by atoms with van der Waals surface area (Å²) >= 11 is 0. The number of hydrogen-bond acceptors (Lipinski definition) is 4. The molecule has 0 aliphatic rings. The predicted octanol–water partition coefficient (Wildman–Crippen LogP) is 5.86. The number of hydrogen-bond donors (Lipinski definition) is 1. The van der Waals surface area contributed by atoms with Crippen LogP contribution in [0.15, 0.2) is 11.6 Å². The van der Waals surface area contributed by atoms with Crippen molar-refractivity contribution >= 4 is 39.7 Å². The quantitative estimate of drug-likeness (QED) is 0.274. The van der Waals surface area contributed by atoms with Gasteiger partial charge in [0.2, 0.25) is 5.91 Å². The number of allylic oxidation sites excluding steroid dienone is 1. The summed E-state index contributed by atoms with van der Waals surface area (Å²) in [5, 5.41) is 0. The molecule has 0 heterocycles. The van der Waals surface area contributed by atoms with E-state index in [4.69, 9.17) is 18.1 Å². The molecule has 0 saturated heterocycles. The highest BCUT2D eigenvalue weighted by molar-refractivity contribution is 6.91. The van der Waals surface area contributed by atoms with E-state index in [1.165, 1.54) is 0 Å². The number of amides is 1. The number of nitrogens with two attached hydrogens (primary N) is 1. The van der Waals surface area contributed by atoms with Crippen LogP contribution in [0.25, 0.3) is 0 Å². The van der Waals surface area contributed by atoms with E-state index in [2.05, 4.69) is 67.0 Å². The van der Waals surface area contributed by atoms with Crippen molar-refractivity contribution in [1.29, 1.82) is 0 Å². The van der Waals surface area contributed by atoms with Crippen molar-refractivity contribution in [3.63, 3.8) is 0 Å². The average molecular weight is 464 g/mol. The second-order valence-electron chi connectivity index (χ2n) is 9.48. The van der Waals surface area contributed by atoms with E-state index < -0.39 is 39.7 Å². The predicted molar refractivity (Wildman–Crippen MR) is 130 cm³/mol. The molecule has 0 radical (unpaired) electrons. The van der Waals surface area contributed by atoms with Crippen molar-refractivity contribution in [2.45, 2.75) is 104 Å². The van der Waals surface area contributed by atoms with Gasteiger partial charge >= 0.3 is 8.80 Å². The molecule has 1 amide bonds. The molecule has 0 aromatic rings. The molecular formula is C19H45NO4Si4. The molecule has 0 aliphatic heterocycles. The zero-order valence-corrected chi connectivity index (χ0v) is 24.2. The largest absolute Gasteiger partial charge is 0.476 e. The summed E-state index contributed by atoms with van der Waals surface area (Å²) in [4.78, 5) is 11.8. The minimum atomic E-state index is -3.10. The molecule has 9 heteroatoms. The van der Waals surface area contributed by atoms with Gasteiger partial charge in [-0.25, -0.2) is 0 Å². The molecule has 1 atom stereocenters. The Hall–Kier alpha value is -0.0425. The van der Waals surface area contributed by atoms with Gasteiger partial charge in [0, 0.05) is 11.1 Å². The first-order valence-corrected chi connectivity index (χ1v) is 21.8. The zero-order chi connectivity index (χ0) is 22.4. The Bertz CT molecular complexity index is 505. The van der Waals surface area contributed by atoms with Gasteiger partial charge in [0.05, 0.1) is 0 Å². The fourth-order valence-corrected chi connectivity index (χ4v) is 17.9. The van der Waals surface area contributed by atoms with Crippen molar-refractivity contribution in [2.75, 3.05) is 0 Å². The van der Waals surface area contributed by atoms with Crippen LogP contribution in [0, 0.1) is 0 Å². The van der Waals surface area contributed by atoms with Gasteiger partial charge in [-0.05, 0) is 70.8 Å². The number of carbonyl (C=O) groups is 1. The molecular weight excluding hydrogens is 419 g/mol. The monoisotopic (exact) mass is 463 g/mol. The van der Waals surface area contributed by atoms with Gasteiger partial charge in [0.1, 0.15) is 0 Å². The minimum absolute atomic E-state index is 0.0602. The molecule has 166 valence electrons. The zero-order valence-electron chi connectivity index (χ0n) is 20.2. The van der Waals surface area contributed by atoms with E-state index in [1.54, 1.807) is 6.92 Å². The van der Waals surface area contributed by atoms with Crippen LogP contribution in [-0.2, 0) is 17.1 Å². The van der Waals surface area contributed by atoms with E-state index in [9.17, 15) is 4.79 Å². The van der Waals surface area contributed by atoms with Gasteiger partial charge < -0.3 is 18.1 Å². The third kappa shape index (κ3) is 8.76. The molecule has 0 saturated carbocycles. The van der Waals surface area contributed by atoms with Crippen molar-refractivity contribution in [3.8, 4) is 0 Å². The molecule has 0 rings (SSSR count). The SMILES string of the molecule is CCC(/C=C(\C)C(N)=O)[Si](O[Si](C)(C)CC)(O[Si](C)(C)CC)O[Si](C)(C)CC. The topological polar surface area (TPSA) is 70.8 Å². The van der Waals surface area contributed by atoms with E-state index >= 15 is 0 Å². The Morgan fingerprint density at radius 3 is 1.36 bits per heavy atom. The summed E-state index contributed by atoms with van der Waals surface area (Å²) < 4.78 is 21.0. The normalized spacial score (nSPS) is 15.6. The Balaban J connectivity index is 6.64. The third-order valence-electron chi connectivity index (χ3n) is 5.54. The standard InChI is InChI=1S/C19H45NO4Si4/c1-12-18(16-17(5)19(20)21)28(22-25(6,7)13-2,23-26(8,9)14-3)24-27(10,11)15-4/h16,18H,12-15H2,1-11H3,(H2,20,21)/b17-16+. The molecule has 1 unspecified atom stereocenters. The maximum Gasteiger partial charge on any atom is 0.476 e. The van der Waals surface area contributed by atoms with Crippen LogP contribution in [0.3, 0.4) is 0 Å². The lowest BCUT2D eigenvalue weighted by atomic mass is 10.2.